The fourth-order valence-electron chi connectivity index (χ4n) is 2.71. The third-order valence-electron chi connectivity index (χ3n) is 3.96. The Kier molecular flexibility index (Phi) is 4.83. The Morgan fingerprint density at radius 3 is 2.81 bits per heavy atom. The number of hydrogen-bond donors (Lipinski definition) is 2. The van der Waals surface area contributed by atoms with Gasteiger partial charge in [-0.25, -0.2) is 9.97 Å². The highest BCUT2D eigenvalue weighted by Gasteiger charge is 2.14. The Bertz CT molecular complexity index is 1030. The largest absolute Gasteiger partial charge is 0.504 e. The summed E-state index contributed by atoms with van der Waals surface area (Å²) in [5.74, 6) is -0.740. The maximum Gasteiger partial charge on any atom is 0.323 e. The number of aryl methyl sites for hydroxylation is 2. The van der Waals surface area contributed by atoms with Crippen LogP contribution in [-0.4, -0.2) is 37.8 Å². The fraction of sp³-hybridized carbons (Fsp3) is 0.222. The second-order valence-corrected chi connectivity index (χ2v) is 5.70. The highest BCUT2D eigenvalue weighted by molar-refractivity contribution is 5.73. The number of benzene rings is 1. The number of phenolic OH excluding ortho intramolecular Hbond substituents is 1. The molecule has 0 bridgehead atoms. The van der Waals surface area contributed by atoms with Crippen LogP contribution in [0, 0.1) is 0 Å². The van der Waals surface area contributed by atoms with Gasteiger partial charge in [0.25, 0.3) is 5.56 Å². The number of carboxylic acids is 1. The summed E-state index contributed by atoms with van der Waals surface area (Å²) >= 11 is 0. The molecule has 8 heteroatoms. The Labute approximate surface area is 148 Å². The van der Waals surface area contributed by atoms with Crippen LogP contribution in [0.25, 0.3) is 11.2 Å². The molecule has 26 heavy (non-hydrogen) atoms. The Hall–Kier alpha value is -3.42. The predicted molar refractivity (Wildman–Crippen MR) is 93.5 cm³/mol. The van der Waals surface area contributed by atoms with Gasteiger partial charge in [-0.05, 0) is 42.7 Å². The summed E-state index contributed by atoms with van der Waals surface area (Å²) in [4.78, 5) is 32.2. The molecule has 0 saturated heterocycles. The van der Waals surface area contributed by atoms with E-state index in [2.05, 4.69) is 9.97 Å². The van der Waals surface area contributed by atoms with Crippen molar-refractivity contribution in [1.82, 2.24) is 14.5 Å². The topological polar surface area (TPSA) is 115 Å². The number of phenols is 1. The van der Waals surface area contributed by atoms with Crippen LogP contribution in [0.2, 0.25) is 0 Å². The van der Waals surface area contributed by atoms with E-state index < -0.39 is 18.1 Å². The average molecular weight is 355 g/mol. The van der Waals surface area contributed by atoms with Crippen LogP contribution < -0.4 is 10.3 Å². The van der Waals surface area contributed by atoms with Gasteiger partial charge in [0.15, 0.2) is 17.1 Å². The first-order valence-electron chi connectivity index (χ1n) is 7.91. The number of methoxy groups -OCH3 is 1. The number of hydrogen-bond acceptors (Lipinski definition) is 6. The smallest absolute Gasteiger partial charge is 0.323 e. The zero-order valence-corrected chi connectivity index (χ0v) is 14.0. The third kappa shape index (κ3) is 3.49. The van der Waals surface area contributed by atoms with Gasteiger partial charge in [-0.3, -0.25) is 14.2 Å². The minimum Gasteiger partial charge on any atom is -0.504 e. The van der Waals surface area contributed by atoms with Crippen molar-refractivity contribution in [3.8, 4) is 11.5 Å². The van der Waals surface area contributed by atoms with Gasteiger partial charge in [0.2, 0.25) is 0 Å². The number of rotatable bonds is 6. The predicted octanol–water partition coefficient (Wildman–Crippen LogP) is 1.38. The van der Waals surface area contributed by atoms with E-state index >= 15 is 0 Å². The summed E-state index contributed by atoms with van der Waals surface area (Å²) < 4.78 is 6.20. The lowest BCUT2D eigenvalue weighted by molar-refractivity contribution is -0.137. The minimum atomic E-state index is -1.13. The van der Waals surface area contributed by atoms with Crippen LogP contribution in [0.15, 0.2) is 41.3 Å². The quantitative estimate of drug-likeness (QED) is 0.686. The van der Waals surface area contributed by atoms with Gasteiger partial charge < -0.3 is 14.9 Å². The summed E-state index contributed by atoms with van der Waals surface area (Å²) in [5.41, 5.74) is 1.36. The van der Waals surface area contributed by atoms with Crippen LogP contribution in [0.4, 0.5) is 0 Å². The van der Waals surface area contributed by atoms with Crippen molar-refractivity contribution in [2.24, 2.45) is 0 Å². The summed E-state index contributed by atoms with van der Waals surface area (Å²) in [6, 6.07) is 8.31. The molecule has 2 heterocycles. The average Bonchev–Trinajstić information content (AvgIpc) is 2.63. The van der Waals surface area contributed by atoms with Crippen LogP contribution >= 0.6 is 0 Å². The van der Waals surface area contributed by atoms with Crippen LogP contribution in [0.5, 0.6) is 11.5 Å². The number of carboxylic acid groups (broad SMARTS) is 1. The number of aromatic hydroxyl groups is 1. The lowest BCUT2D eigenvalue weighted by Gasteiger charge is -2.10. The van der Waals surface area contributed by atoms with Crippen molar-refractivity contribution in [3.05, 3.63) is 58.1 Å². The normalized spacial score (nSPS) is 10.8. The zero-order valence-electron chi connectivity index (χ0n) is 14.0. The minimum absolute atomic E-state index is 0.0370. The van der Waals surface area contributed by atoms with Gasteiger partial charge >= 0.3 is 5.97 Å². The summed E-state index contributed by atoms with van der Waals surface area (Å²) in [6.45, 7) is -0.477. The first kappa shape index (κ1) is 17.4. The van der Waals surface area contributed by atoms with E-state index in [1.165, 1.54) is 19.4 Å². The molecule has 1 aromatic carbocycles. The molecule has 0 radical (unpaired) electrons. The second kappa shape index (κ2) is 7.22. The first-order valence-corrected chi connectivity index (χ1v) is 7.91. The van der Waals surface area contributed by atoms with Crippen molar-refractivity contribution in [2.75, 3.05) is 7.11 Å². The van der Waals surface area contributed by atoms with E-state index in [4.69, 9.17) is 9.84 Å². The van der Waals surface area contributed by atoms with Gasteiger partial charge in [0.05, 0.1) is 7.11 Å². The molecule has 3 aromatic rings. The maximum absolute atomic E-state index is 12.6. The Balaban J connectivity index is 1.96. The molecule has 0 unspecified atom stereocenters. The molecule has 134 valence electrons. The number of nitrogens with zero attached hydrogens (tertiary/aromatic N) is 3. The van der Waals surface area contributed by atoms with Crippen LogP contribution in [-0.2, 0) is 24.2 Å². The molecule has 0 spiro atoms. The van der Waals surface area contributed by atoms with Gasteiger partial charge in [0, 0.05) is 6.20 Å². The molecule has 8 nitrogen and oxygen atoms in total. The molecule has 0 fully saturated rings. The molecule has 0 aliphatic carbocycles. The number of carbonyl (C=O) groups is 1. The molecule has 0 atom stereocenters. The number of aliphatic carboxylic acids is 1. The lowest BCUT2D eigenvalue weighted by atomic mass is 10.1. The maximum atomic E-state index is 12.6. The zero-order chi connectivity index (χ0) is 18.7. The van der Waals surface area contributed by atoms with Crippen molar-refractivity contribution >= 4 is 17.1 Å². The van der Waals surface area contributed by atoms with Crippen molar-refractivity contribution in [1.29, 1.82) is 0 Å². The van der Waals surface area contributed by atoms with Crippen LogP contribution in [0.3, 0.4) is 0 Å². The molecule has 0 saturated carbocycles. The lowest BCUT2D eigenvalue weighted by Crippen LogP contribution is -2.29. The number of aromatic nitrogens is 3. The van der Waals surface area contributed by atoms with E-state index in [1.807, 2.05) is 0 Å². The summed E-state index contributed by atoms with van der Waals surface area (Å²) in [6.07, 6.45) is 2.29. The Morgan fingerprint density at radius 1 is 1.27 bits per heavy atom. The van der Waals surface area contributed by atoms with Gasteiger partial charge in [-0.1, -0.05) is 6.07 Å². The van der Waals surface area contributed by atoms with Crippen molar-refractivity contribution in [2.45, 2.75) is 19.4 Å². The molecule has 3 rings (SSSR count). The van der Waals surface area contributed by atoms with Crippen molar-refractivity contribution < 1.29 is 19.7 Å². The standard InChI is InChI=1S/C18H17N3O5/c1-26-15-9-11(5-7-14(15)22)4-6-13-18(25)21(10-16(23)24)17-12(20-13)3-2-8-19-17/h2-3,5,7-9,22H,4,6,10H2,1H3,(H,23,24). The molecule has 2 aromatic heterocycles. The highest BCUT2D eigenvalue weighted by atomic mass is 16.5. The molecule has 0 aliphatic rings. The van der Waals surface area contributed by atoms with Gasteiger partial charge in [0.1, 0.15) is 17.8 Å². The van der Waals surface area contributed by atoms with Crippen molar-refractivity contribution in [3.63, 3.8) is 0 Å². The molecule has 0 aliphatic heterocycles. The first-order chi connectivity index (χ1) is 12.5. The molecular weight excluding hydrogens is 338 g/mol. The van der Waals surface area contributed by atoms with E-state index in [0.29, 0.717) is 24.1 Å². The number of pyridine rings is 1. The summed E-state index contributed by atoms with van der Waals surface area (Å²) in [7, 11) is 1.46. The van der Waals surface area contributed by atoms with E-state index in [-0.39, 0.29) is 17.1 Å². The highest BCUT2D eigenvalue weighted by Crippen LogP contribution is 2.26. The fourth-order valence-corrected chi connectivity index (χ4v) is 2.71. The van der Waals surface area contributed by atoms with E-state index in [0.717, 1.165) is 10.1 Å². The van der Waals surface area contributed by atoms with E-state index in [1.54, 1.807) is 24.3 Å². The second-order valence-electron chi connectivity index (χ2n) is 5.70. The third-order valence-corrected chi connectivity index (χ3v) is 3.96. The summed E-state index contributed by atoms with van der Waals surface area (Å²) in [5, 5.41) is 18.7. The SMILES string of the molecule is COc1cc(CCc2nc3cccnc3n(CC(=O)O)c2=O)ccc1O. The Morgan fingerprint density at radius 2 is 2.08 bits per heavy atom. The monoisotopic (exact) mass is 355 g/mol. The number of ether oxygens (including phenoxy) is 1. The van der Waals surface area contributed by atoms with E-state index in [9.17, 15) is 14.7 Å². The molecule has 0 amide bonds. The van der Waals surface area contributed by atoms with Crippen LogP contribution in [0.1, 0.15) is 11.3 Å². The molecule has 2 N–H and O–H groups in total. The van der Waals surface area contributed by atoms with Gasteiger partial charge in [-0.15, -0.1) is 0 Å². The van der Waals surface area contributed by atoms with Gasteiger partial charge in [-0.2, -0.15) is 0 Å². The number of fused-ring (bicyclic) bond motifs is 1. The molecular formula is C18H17N3O5.